The van der Waals surface area contributed by atoms with Crippen LogP contribution in [-0.4, -0.2) is 16.5 Å². The number of rotatable bonds is 4. The van der Waals surface area contributed by atoms with Crippen LogP contribution >= 0.6 is 0 Å². The van der Waals surface area contributed by atoms with Gasteiger partial charge in [0.2, 0.25) is 0 Å². The molecule has 3 N–H and O–H groups in total. The zero-order valence-corrected chi connectivity index (χ0v) is 17.0. The number of aryl methyl sites for hydroxylation is 1. The Balaban J connectivity index is 1.61. The average molecular weight is 426 g/mol. The molecular formula is C22H20F2N4OS. The Morgan fingerprint density at radius 3 is 2.70 bits per heavy atom. The van der Waals surface area contributed by atoms with Crippen LogP contribution in [0.3, 0.4) is 0 Å². The molecular weight excluding hydrogens is 406 g/mol. The first kappa shape index (κ1) is 20.2. The topological polar surface area (TPSA) is 69.9 Å². The molecule has 8 heteroatoms. The van der Waals surface area contributed by atoms with Gasteiger partial charge in [0.15, 0.2) is 11.6 Å². The molecule has 2 heterocycles. The van der Waals surface area contributed by atoms with Crippen LogP contribution < -0.4 is 10.0 Å². The van der Waals surface area contributed by atoms with E-state index in [1.165, 1.54) is 6.07 Å². The Bertz CT molecular complexity index is 1160. The SMILES string of the molecule is Cn1cc2c(c1C(=O)Nc1ccc(F)c(F)c1)C=CC(Cc1ccccc1)NS2=N. The minimum absolute atomic E-state index is 0.0481. The summed E-state index contributed by atoms with van der Waals surface area (Å²) in [5.41, 5.74) is 2.33. The van der Waals surface area contributed by atoms with Crippen molar-refractivity contribution in [1.29, 1.82) is 4.78 Å². The van der Waals surface area contributed by atoms with Crippen LogP contribution in [0.4, 0.5) is 14.5 Å². The van der Waals surface area contributed by atoms with Crippen LogP contribution in [0.5, 0.6) is 0 Å². The van der Waals surface area contributed by atoms with Gasteiger partial charge in [0.05, 0.1) is 4.90 Å². The maximum Gasteiger partial charge on any atom is 0.272 e. The molecule has 2 aromatic carbocycles. The monoisotopic (exact) mass is 426 g/mol. The minimum Gasteiger partial charge on any atom is -0.345 e. The number of fused-ring (bicyclic) bond motifs is 1. The van der Waals surface area contributed by atoms with E-state index in [1.807, 2.05) is 42.5 Å². The first-order valence-corrected chi connectivity index (χ1v) is 10.5. The van der Waals surface area contributed by atoms with Gasteiger partial charge in [-0.2, -0.15) is 0 Å². The fraction of sp³-hybridized carbons (Fsp3) is 0.136. The molecule has 1 aromatic heterocycles. The minimum atomic E-state index is -1.03. The smallest absolute Gasteiger partial charge is 0.272 e. The van der Waals surface area contributed by atoms with Gasteiger partial charge < -0.3 is 9.88 Å². The average Bonchev–Trinajstić information content (AvgIpc) is 2.98. The van der Waals surface area contributed by atoms with E-state index in [-0.39, 0.29) is 11.7 Å². The Kier molecular flexibility index (Phi) is 5.61. The van der Waals surface area contributed by atoms with Crippen LogP contribution in [0.1, 0.15) is 21.6 Å². The van der Waals surface area contributed by atoms with E-state index >= 15 is 0 Å². The number of carbonyl (C=O) groups excluding carboxylic acids is 1. The Morgan fingerprint density at radius 2 is 1.97 bits per heavy atom. The van der Waals surface area contributed by atoms with Gasteiger partial charge >= 0.3 is 0 Å². The number of hydrogen-bond acceptors (Lipinski definition) is 2. The highest BCUT2D eigenvalue weighted by molar-refractivity contribution is 7.84. The second kappa shape index (κ2) is 8.33. The molecule has 1 amide bonds. The zero-order valence-electron chi connectivity index (χ0n) is 16.2. The van der Waals surface area contributed by atoms with E-state index in [0.29, 0.717) is 16.2 Å². The number of nitrogens with one attached hydrogen (secondary N) is 3. The van der Waals surface area contributed by atoms with E-state index in [9.17, 15) is 13.6 Å². The van der Waals surface area contributed by atoms with Crippen LogP contribution in [-0.2, 0) is 24.3 Å². The number of benzene rings is 2. The summed E-state index contributed by atoms with van der Waals surface area (Å²) in [6, 6.07) is 13.2. The van der Waals surface area contributed by atoms with Gasteiger partial charge in [-0.1, -0.05) is 42.5 Å². The maximum atomic E-state index is 13.5. The number of halogens is 2. The van der Waals surface area contributed by atoms with Crippen molar-refractivity contribution in [2.45, 2.75) is 17.4 Å². The predicted molar refractivity (Wildman–Crippen MR) is 114 cm³/mol. The predicted octanol–water partition coefficient (Wildman–Crippen LogP) is 4.44. The number of amides is 1. The summed E-state index contributed by atoms with van der Waals surface area (Å²) in [5, 5.41) is 2.61. The fourth-order valence-electron chi connectivity index (χ4n) is 3.43. The van der Waals surface area contributed by atoms with Crippen molar-refractivity contribution in [3.05, 3.63) is 89.3 Å². The normalized spacial score (nSPS) is 18.0. The Morgan fingerprint density at radius 1 is 1.20 bits per heavy atom. The molecule has 5 nitrogen and oxygen atoms in total. The van der Waals surface area contributed by atoms with Crippen molar-refractivity contribution in [2.24, 2.45) is 7.05 Å². The Hall–Kier alpha value is -3.10. The van der Waals surface area contributed by atoms with Crippen LogP contribution in [0.25, 0.3) is 6.08 Å². The van der Waals surface area contributed by atoms with E-state index in [4.69, 9.17) is 4.78 Å². The summed E-state index contributed by atoms with van der Waals surface area (Å²) < 4.78 is 40.1. The lowest BCUT2D eigenvalue weighted by Crippen LogP contribution is -2.29. The summed E-state index contributed by atoms with van der Waals surface area (Å²) in [6.07, 6.45) is 6.31. The summed E-state index contributed by atoms with van der Waals surface area (Å²) in [7, 11) is 0.705. The summed E-state index contributed by atoms with van der Waals surface area (Å²) in [5.74, 6) is -2.45. The summed E-state index contributed by atoms with van der Waals surface area (Å²) in [6.45, 7) is 0. The van der Waals surface area contributed by atoms with Crippen LogP contribution in [0, 0.1) is 16.4 Å². The van der Waals surface area contributed by atoms with E-state index < -0.39 is 28.4 Å². The number of carbonyl (C=O) groups is 1. The molecule has 0 aliphatic carbocycles. The summed E-state index contributed by atoms with van der Waals surface area (Å²) >= 11 is 0. The molecule has 0 fully saturated rings. The number of anilines is 1. The third-order valence-corrected chi connectivity index (χ3v) is 6.16. The number of aromatic nitrogens is 1. The van der Waals surface area contributed by atoms with Crippen molar-refractivity contribution in [3.8, 4) is 0 Å². The van der Waals surface area contributed by atoms with Crippen molar-refractivity contribution >= 4 is 28.5 Å². The quantitative estimate of drug-likeness (QED) is 0.577. The third kappa shape index (κ3) is 4.10. The van der Waals surface area contributed by atoms with Gasteiger partial charge in [0, 0.05) is 36.6 Å². The van der Waals surface area contributed by atoms with Crippen molar-refractivity contribution < 1.29 is 13.6 Å². The number of nitrogens with zero attached hydrogens (tertiary/aromatic N) is 1. The van der Waals surface area contributed by atoms with Crippen molar-refractivity contribution in [2.75, 3.05) is 5.32 Å². The second-order valence-electron chi connectivity index (χ2n) is 7.03. The highest BCUT2D eigenvalue weighted by atomic mass is 32.2. The molecule has 0 radical (unpaired) electrons. The molecule has 2 unspecified atom stereocenters. The molecule has 0 bridgehead atoms. The van der Waals surface area contributed by atoms with Crippen molar-refractivity contribution in [3.63, 3.8) is 0 Å². The first-order chi connectivity index (χ1) is 14.4. The lowest BCUT2D eigenvalue weighted by atomic mass is 10.1. The number of hydrogen-bond donors (Lipinski definition) is 3. The maximum absolute atomic E-state index is 13.5. The van der Waals surface area contributed by atoms with Gasteiger partial charge in [0.1, 0.15) is 5.69 Å². The van der Waals surface area contributed by atoms with Gasteiger partial charge in [-0.3, -0.25) is 9.57 Å². The van der Waals surface area contributed by atoms with E-state index in [1.54, 1.807) is 17.8 Å². The molecule has 1 aliphatic rings. The van der Waals surface area contributed by atoms with Gasteiger partial charge in [-0.15, -0.1) is 0 Å². The lowest BCUT2D eigenvalue weighted by Gasteiger charge is -2.14. The molecule has 0 saturated heterocycles. The standard InChI is InChI=1S/C22H20F2N4OS/c1-28-13-20-17(21(28)22(29)26-15-8-10-18(23)19(24)12-15)9-7-16(27-30(20)25)11-14-5-3-2-4-6-14/h2-10,12-13,16H,11H2,1H3,(H2,25,27)(H,26,29). The van der Waals surface area contributed by atoms with E-state index in [2.05, 4.69) is 10.0 Å². The highest BCUT2D eigenvalue weighted by Crippen LogP contribution is 2.26. The first-order valence-electron chi connectivity index (χ1n) is 9.32. The van der Waals surface area contributed by atoms with Gasteiger partial charge in [0.25, 0.3) is 5.91 Å². The zero-order chi connectivity index (χ0) is 21.3. The molecule has 4 rings (SSSR count). The molecule has 0 saturated carbocycles. The molecule has 0 spiro atoms. The molecule has 1 aliphatic heterocycles. The van der Waals surface area contributed by atoms with Crippen molar-refractivity contribution in [1.82, 2.24) is 9.29 Å². The van der Waals surface area contributed by atoms with Crippen LogP contribution in [0.15, 0.2) is 65.7 Å². The molecule has 30 heavy (non-hydrogen) atoms. The second-order valence-corrected chi connectivity index (χ2v) is 8.32. The lowest BCUT2D eigenvalue weighted by molar-refractivity contribution is 0.101. The molecule has 3 aromatic rings. The van der Waals surface area contributed by atoms with Gasteiger partial charge in [-0.05, 0) is 35.0 Å². The van der Waals surface area contributed by atoms with E-state index in [0.717, 1.165) is 24.1 Å². The van der Waals surface area contributed by atoms with Crippen LogP contribution in [0.2, 0.25) is 0 Å². The molecule has 154 valence electrons. The molecule has 2 atom stereocenters. The largest absolute Gasteiger partial charge is 0.345 e. The van der Waals surface area contributed by atoms with Gasteiger partial charge in [-0.25, -0.2) is 13.5 Å². The fourth-order valence-corrected chi connectivity index (χ4v) is 4.67. The Labute approximate surface area is 175 Å². The highest BCUT2D eigenvalue weighted by Gasteiger charge is 2.24. The summed E-state index contributed by atoms with van der Waals surface area (Å²) in [4.78, 5) is 13.6. The third-order valence-electron chi connectivity index (χ3n) is 4.86.